The maximum absolute atomic E-state index is 6.28. The molecule has 0 bridgehead atoms. The summed E-state index contributed by atoms with van der Waals surface area (Å²) in [5.41, 5.74) is 7.76. The first-order valence-corrected chi connectivity index (χ1v) is 7.40. The van der Waals surface area contributed by atoms with Gasteiger partial charge in [0.25, 0.3) is 0 Å². The van der Waals surface area contributed by atoms with Crippen LogP contribution in [0.15, 0.2) is 12.1 Å². The Kier molecular flexibility index (Phi) is 3.68. The molecular formula is C15H18ClN3O2. The first-order chi connectivity index (χ1) is 10.1. The van der Waals surface area contributed by atoms with Crippen LogP contribution in [0.5, 0.6) is 11.5 Å². The Hall–Kier alpha value is -1.88. The fourth-order valence-corrected chi connectivity index (χ4v) is 2.73. The third-order valence-electron chi connectivity index (χ3n) is 3.58. The lowest BCUT2D eigenvalue weighted by Gasteiger charge is -2.20. The summed E-state index contributed by atoms with van der Waals surface area (Å²) in [7, 11) is 1.93. The zero-order valence-electron chi connectivity index (χ0n) is 12.1. The van der Waals surface area contributed by atoms with E-state index in [4.69, 9.17) is 26.8 Å². The third-order valence-corrected chi connectivity index (χ3v) is 3.86. The molecule has 2 heterocycles. The number of aromatic nitrogens is 2. The predicted molar refractivity (Wildman–Crippen MR) is 83.1 cm³/mol. The number of nitrogens with zero attached hydrogens (tertiary/aromatic N) is 2. The van der Waals surface area contributed by atoms with Gasteiger partial charge in [-0.1, -0.05) is 18.5 Å². The van der Waals surface area contributed by atoms with Gasteiger partial charge in [0.15, 0.2) is 11.5 Å². The van der Waals surface area contributed by atoms with Crippen LogP contribution in [-0.2, 0) is 13.5 Å². The molecular weight excluding hydrogens is 290 g/mol. The standard InChI is InChI=1S/C15H18ClN3O2/c1-3-4-12-18-13(15(17)19(12)2)9-7-10(16)14-11(8-9)20-5-6-21-14/h7-8H,3-6,17H2,1-2H3. The smallest absolute Gasteiger partial charge is 0.179 e. The van der Waals surface area contributed by atoms with Gasteiger partial charge in [0.05, 0.1) is 5.02 Å². The number of anilines is 1. The zero-order valence-corrected chi connectivity index (χ0v) is 12.9. The van der Waals surface area contributed by atoms with Gasteiger partial charge in [0, 0.05) is 19.0 Å². The molecule has 3 rings (SSSR count). The van der Waals surface area contributed by atoms with Crippen LogP contribution >= 0.6 is 11.6 Å². The average Bonchev–Trinajstić information content (AvgIpc) is 2.76. The maximum Gasteiger partial charge on any atom is 0.179 e. The lowest BCUT2D eigenvalue weighted by molar-refractivity contribution is 0.172. The maximum atomic E-state index is 6.28. The molecule has 0 amide bonds. The van der Waals surface area contributed by atoms with Gasteiger partial charge in [-0.2, -0.15) is 0 Å². The Morgan fingerprint density at radius 2 is 2.10 bits per heavy atom. The molecule has 1 aromatic carbocycles. The van der Waals surface area contributed by atoms with Crippen molar-refractivity contribution in [1.29, 1.82) is 0 Å². The summed E-state index contributed by atoms with van der Waals surface area (Å²) in [6.07, 6.45) is 1.91. The minimum atomic E-state index is 0.512. The van der Waals surface area contributed by atoms with Gasteiger partial charge < -0.3 is 19.8 Å². The van der Waals surface area contributed by atoms with Crippen LogP contribution < -0.4 is 15.2 Å². The van der Waals surface area contributed by atoms with Crippen molar-refractivity contribution >= 4 is 17.4 Å². The number of hydrogen-bond donors (Lipinski definition) is 1. The monoisotopic (exact) mass is 307 g/mol. The van der Waals surface area contributed by atoms with Crippen molar-refractivity contribution in [3.8, 4) is 22.8 Å². The molecule has 112 valence electrons. The highest BCUT2D eigenvalue weighted by Crippen LogP contribution is 2.41. The van der Waals surface area contributed by atoms with E-state index >= 15 is 0 Å². The van der Waals surface area contributed by atoms with E-state index in [2.05, 4.69) is 11.9 Å². The third kappa shape index (κ3) is 2.42. The number of benzene rings is 1. The number of fused-ring (bicyclic) bond motifs is 1. The normalized spacial score (nSPS) is 13.5. The molecule has 1 aromatic heterocycles. The van der Waals surface area contributed by atoms with Gasteiger partial charge in [-0.05, 0) is 18.6 Å². The largest absolute Gasteiger partial charge is 0.486 e. The second-order valence-electron chi connectivity index (χ2n) is 5.05. The van der Waals surface area contributed by atoms with Crippen LogP contribution in [0.3, 0.4) is 0 Å². The molecule has 2 N–H and O–H groups in total. The molecule has 0 fully saturated rings. The summed E-state index contributed by atoms with van der Waals surface area (Å²) >= 11 is 6.28. The second kappa shape index (κ2) is 5.48. The van der Waals surface area contributed by atoms with Gasteiger partial charge in [0.1, 0.15) is 30.5 Å². The lowest BCUT2D eigenvalue weighted by Crippen LogP contribution is -2.15. The molecule has 0 aliphatic carbocycles. The number of halogens is 1. The number of ether oxygens (including phenoxy) is 2. The van der Waals surface area contributed by atoms with E-state index in [1.165, 1.54) is 0 Å². The Balaban J connectivity index is 2.08. The first-order valence-electron chi connectivity index (χ1n) is 7.02. The molecule has 5 nitrogen and oxygen atoms in total. The van der Waals surface area contributed by atoms with Gasteiger partial charge in [-0.25, -0.2) is 4.98 Å². The summed E-state index contributed by atoms with van der Waals surface area (Å²) in [5.74, 6) is 2.84. The highest BCUT2D eigenvalue weighted by Gasteiger charge is 2.20. The van der Waals surface area contributed by atoms with Crippen LogP contribution in [0.2, 0.25) is 5.02 Å². The average molecular weight is 308 g/mol. The van der Waals surface area contributed by atoms with Gasteiger partial charge >= 0.3 is 0 Å². The molecule has 0 saturated heterocycles. The van der Waals surface area contributed by atoms with E-state index in [-0.39, 0.29) is 0 Å². The minimum Gasteiger partial charge on any atom is -0.486 e. The van der Waals surface area contributed by atoms with Crippen LogP contribution in [0, 0.1) is 0 Å². The van der Waals surface area contributed by atoms with Crippen molar-refractivity contribution in [3.05, 3.63) is 23.0 Å². The second-order valence-corrected chi connectivity index (χ2v) is 5.46. The number of imidazole rings is 1. The number of nitrogens with two attached hydrogens (primary N) is 1. The van der Waals surface area contributed by atoms with Crippen molar-refractivity contribution in [3.63, 3.8) is 0 Å². The topological polar surface area (TPSA) is 62.3 Å². The Labute approximate surface area is 128 Å². The van der Waals surface area contributed by atoms with Crippen LogP contribution in [-0.4, -0.2) is 22.8 Å². The van der Waals surface area contributed by atoms with E-state index in [1.54, 1.807) is 0 Å². The van der Waals surface area contributed by atoms with E-state index < -0.39 is 0 Å². The molecule has 21 heavy (non-hydrogen) atoms. The van der Waals surface area contributed by atoms with Crippen molar-refractivity contribution in [2.24, 2.45) is 7.05 Å². The Morgan fingerprint density at radius 3 is 2.86 bits per heavy atom. The molecule has 0 radical (unpaired) electrons. The fraction of sp³-hybridized carbons (Fsp3) is 0.400. The van der Waals surface area contributed by atoms with Crippen LogP contribution in [0.25, 0.3) is 11.3 Å². The van der Waals surface area contributed by atoms with E-state index in [0.717, 1.165) is 29.9 Å². The van der Waals surface area contributed by atoms with Crippen molar-refractivity contribution in [2.75, 3.05) is 18.9 Å². The van der Waals surface area contributed by atoms with E-state index in [0.29, 0.717) is 35.6 Å². The number of rotatable bonds is 3. The summed E-state index contributed by atoms with van der Waals surface area (Å²) in [4.78, 5) is 4.64. The summed E-state index contributed by atoms with van der Waals surface area (Å²) in [6.45, 7) is 3.15. The van der Waals surface area contributed by atoms with Crippen LogP contribution in [0.4, 0.5) is 5.82 Å². The molecule has 6 heteroatoms. The molecule has 1 aliphatic heterocycles. The summed E-state index contributed by atoms with van der Waals surface area (Å²) < 4.78 is 13.1. The quantitative estimate of drug-likeness (QED) is 0.946. The van der Waals surface area contributed by atoms with Crippen molar-refractivity contribution in [1.82, 2.24) is 9.55 Å². The predicted octanol–water partition coefficient (Wildman–Crippen LogP) is 3.05. The number of nitrogen functional groups attached to an aromatic ring is 1. The van der Waals surface area contributed by atoms with E-state index in [9.17, 15) is 0 Å². The molecule has 2 aromatic rings. The Morgan fingerprint density at radius 1 is 1.33 bits per heavy atom. The van der Waals surface area contributed by atoms with Crippen molar-refractivity contribution in [2.45, 2.75) is 19.8 Å². The Bertz CT molecular complexity index is 682. The molecule has 0 unspecified atom stereocenters. The molecule has 0 spiro atoms. The zero-order chi connectivity index (χ0) is 15.0. The lowest BCUT2D eigenvalue weighted by atomic mass is 10.1. The molecule has 0 saturated carbocycles. The van der Waals surface area contributed by atoms with E-state index in [1.807, 2.05) is 23.7 Å². The van der Waals surface area contributed by atoms with Crippen molar-refractivity contribution < 1.29 is 9.47 Å². The first kappa shape index (κ1) is 14.1. The fourth-order valence-electron chi connectivity index (χ4n) is 2.47. The molecule has 1 aliphatic rings. The number of hydrogen-bond acceptors (Lipinski definition) is 4. The summed E-state index contributed by atoms with van der Waals surface area (Å²) in [5, 5.41) is 0.518. The minimum absolute atomic E-state index is 0.512. The van der Waals surface area contributed by atoms with Gasteiger partial charge in [-0.15, -0.1) is 0 Å². The van der Waals surface area contributed by atoms with Gasteiger partial charge in [0.2, 0.25) is 0 Å². The highest BCUT2D eigenvalue weighted by atomic mass is 35.5. The highest BCUT2D eigenvalue weighted by molar-refractivity contribution is 6.32. The molecule has 0 atom stereocenters. The SMILES string of the molecule is CCCc1nc(-c2cc(Cl)c3c(c2)OCCO3)c(N)n1C. The summed E-state index contributed by atoms with van der Waals surface area (Å²) in [6, 6.07) is 3.71. The van der Waals surface area contributed by atoms with Gasteiger partial charge in [-0.3, -0.25) is 0 Å². The van der Waals surface area contributed by atoms with Crippen LogP contribution in [0.1, 0.15) is 19.2 Å². The number of aryl methyl sites for hydroxylation is 1.